The van der Waals surface area contributed by atoms with Crippen LogP contribution in [0, 0.1) is 17.3 Å². The minimum atomic E-state index is -0.927. The zero-order chi connectivity index (χ0) is 18.2. The molecule has 0 aromatic carbocycles. The van der Waals surface area contributed by atoms with Gasteiger partial charge in [0.1, 0.15) is 6.04 Å². The first-order valence-electron chi connectivity index (χ1n) is 9.31. The van der Waals surface area contributed by atoms with E-state index in [0.717, 1.165) is 43.3 Å². The van der Waals surface area contributed by atoms with Gasteiger partial charge in [0, 0.05) is 5.41 Å². The molecule has 0 aromatic rings. The molecule has 1 fully saturated rings. The third kappa shape index (κ3) is 7.04. The molecular formula is C19H35NO3S. The van der Waals surface area contributed by atoms with Crippen molar-refractivity contribution in [3.63, 3.8) is 0 Å². The van der Waals surface area contributed by atoms with Gasteiger partial charge in [0.05, 0.1) is 0 Å². The number of carboxylic acid groups (broad SMARTS) is 1. The molecule has 1 atom stereocenters. The second-order valence-electron chi connectivity index (χ2n) is 7.97. The van der Waals surface area contributed by atoms with Gasteiger partial charge < -0.3 is 10.4 Å². The van der Waals surface area contributed by atoms with Crippen LogP contribution >= 0.6 is 11.8 Å². The van der Waals surface area contributed by atoms with Gasteiger partial charge in [-0.1, -0.05) is 40.0 Å². The average Bonchev–Trinajstić information content (AvgIpc) is 2.52. The number of rotatable bonds is 10. The average molecular weight is 358 g/mol. The van der Waals surface area contributed by atoms with Gasteiger partial charge in [0.2, 0.25) is 5.91 Å². The number of amides is 1. The molecule has 0 aliphatic heterocycles. The lowest BCUT2D eigenvalue weighted by Gasteiger charge is -2.37. The topological polar surface area (TPSA) is 66.4 Å². The third-order valence-electron chi connectivity index (χ3n) is 5.36. The molecule has 1 saturated carbocycles. The van der Waals surface area contributed by atoms with Crippen LogP contribution in [0.5, 0.6) is 0 Å². The maximum atomic E-state index is 12.6. The Balaban J connectivity index is 2.46. The molecule has 140 valence electrons. The molecule has 0 heterocycles. The molecule has 0 unspecified atom stereocenters. The number of aliphatic carboxylic acids is 1. The maximum Gasteiger partial charge on any atom is 0.326 e. The zero-order valence-corrected chi connectivity index (χ0v) is 16.6. The molecule has 0 saturated heterocycles. The minimum Gasteiger partial charge on any atom is -0.480 e. The predicted octanol–water partition coefficient (Wildman–Crippen LogP) is 4.33. The van der Waals surface area contributed by atoms with Crippen LogP contribution in [-0.4, -0.2) is 35.0 Å². The van der Waals surface area contributed by atoms with Gasteiger partial charge in [-0.15, -0.1) is 0 Å². The van der Waals surface area contributed by atoms with Crippen molar-refractivity contribution in [3.8, 4) is 0 Å². The summed E-state index contributed by atoms with van der Waals surface area (Å²) in [6.45, 7) is 6.52. The summed E-state index contributed by atoms with van der Waals surface area (Å²) >= 11 is 1.60. The molecule has 0 radical (unpaired) electrons. The number of carboxylic acids is 1. The van der Waals surface area contributed by atoms with Gasteiger partial charge in [-0.25, -0.2) is 4.79 Å². The quantitative estimate of drug-likeness (QED) is 0.610. The Morgan fingerprint density at radius 2 is 1.88 bits per heavy atom. The van der Waals surface area contributed by atoms with Crippen molar-refractivity contribution < 1.29 is 14.7 Å². The van der Waals surface area contributed by atoms with Gasteiger partial charge in [0.25, 0.3) is 0 Å². The molecule has 0 spiro atoms. The Labute approximate surface area is 151 Å². The van der Waals surface area contributed by atoms with E-state index in [-0.39, 0.29) is 5.91 Å². The molecule has 1 aliphatic carbocycles. The van der Waals surface area contributed by atoms with E-state index >= 15 is 0 Å². The number of hydrogen-bond acceptors (Lipinski definition) is 3. The lowest BCUT2D eigenvalue weighted by molar-refractivity contribution is -0.144. The molecule has 4 nitrogen and oxygen atoms in total. The summed E-state index contributed by atoms with van der Waals surface area (Å²) in [4.78, 5) is 24.0. The minimum absolute atomic E-state index is 0.0726. The highest BCUT2D eigenvalue weighted by molar-refractivity contribution is 7.98. The Morgan fingerprint density at radius 1 is 1.25 bits per heavy atom. The summed E-state index contributed by atoms with van der Waals surface area (Å²) < 4.78 is 0. The van der Waals surface area contributed by atoms with E-state index in [1.54, 1.807) is 11.8 Å². The van der Waals surface area contributed by atoms with Crippen molar-refractivity contribution in [2.45, 2.75) is 78.2 Å². The lowest BCUT2D eigenvalue weighted by atomic mass is 9.70. The van der Waals surface area contributed by atoms with E-state index in [9.17, 15) is 14.7 Å². The molecule has 1 rings (SSSR count). The summed E-state index contributed by atoms with van der Waals surface area (Å²) in [5, 5.41) is 12.1. The number of carbonyl (C=O) groups excluding carboxylic acids is 1. The van der Waals surface area contributed by atoms with Crippen molar-refractivity contribution in [2.24, 2.45) is 17.3 Å². The fourth-order valence-electron chi connectivity index (χ4n) is 3.47. The Kier molecular flexibility index (Phi) is 9.17. The Hall–Kier alpha value is -0.710. The summed E-state index contributed by atoms with van der Waals surface area (Å²) in [5.41, 5.74) is -0.401. The SMILES string of the molecule is CSCC[C@H](NC(=O)[C@]1(C)CC[C@H](CCCC(C)C)CC1)C(=O)O. The Bertz CT molecular complexity index is 403. The summed E-state index contributed by atoms with van der Waals surface area (Å²) in [7, 11) is 0. The molecule has 24 heavy (non-hydrogen) atoms. The maximum absolute atomic E-state index is 12.6. The van der Waals surface area contributed by atoms with E-state index in [4.69, 9.17) is 0 Å². The molecule has 1 aliphatic rings. The van der Waals surface area contributed by atoms with Crippen LogP contribution in [0.15, 0.2) is 0 Å². The van der Waals surface area contributed by atoms with Gasteiger partial charge in [-0.05, 0) is 55.9 Å². The number of thioether (sulfide) groups is 1. The summed E-state index contributed by atoms with van der Waals surface area (Å²) in [5.74, 6) is 1.24. The molecule has 1 amide bonds. The largest absolute Gasteiger partial charge is 0.480 e. The zero-order valence-electron chi connectivity index (χ0n) is 15.8. The molecular weight excluding hydrogens is 322 g/mol. The molecule has 5 heteroatoms. The number of nitrogens with one attached hydrogen (secondary N) is 1. The van der Waals surface area contributed by atoms with Gasteiger partial charge in [-0.3, -0.25) is 4.79 Å². The molecule has 0 aromatic heterocycles. The van der Waals surface area contributed by atoms with Crippen LogP contribution in [-0.2, 0) is 9.59 Å². The van der Waals surface area contributed by atoms with Crippen molar-refractivity contribution in [2.75, 3.05) is 12.0 Å². The third-order valence-corrected chi connectivity index (χ3v) is 6.01. The van der Waals surface area contributed by atoms with Gasteiger partial charge in [0.15, 0.2) is 0 Å². The number of hydrogen-bond donors (Lipinski definition) is 2. The Morgan fingerprint density at radius 3 is 2.38 bits per heavy atom. The van der Waals surface area contributed by atoms with Crippen LogP contribution < -0.4 is 5.32 Å². The van der Waals surface area contributed by atoms with Crippen molar-refractivity contribution in [1.29, 1.82) is 0 Å². The second kappa shape index (κ2) is 10.3. The van der Waals surface area contributed by atoms with Crippen molar-refractivity contribution in [3.05, 3.63) is 0 Å². The van der Waals surface area contributed by atoms with E-state index in [1.165, 1.54) is 19.3 Å². The van der Waals surface area contributed by atoms with Crippen LogP contribution in [0.4, 0.5) is 0 Å². The van der Waals surface area contributed by atoms with Crippen LogP contribution in [0.3, 0.4) is 0 Å². The number of carbonyl (C=O) groups is 2. The normalized spacial score (nSPS) is 25.5. The van der Waals surface area contributed by atoms with Crippen LogP contribution in [0.25, 0.3) is 0 Å². The van der Waals surface area contributed by atoms with E-state index < -0.39 is 17.4 Å². The van der Waals surface area contributed by atoms with E-state index in [1.807, 2.05) is 13.2 Å². The standard InChI is InChI=1S/C19H35NO3S/c1-14(2)6-5-7-15-8-11-19(3,12-9-15)18(23)20-16(17(21)22)10-13-24-4/h14-16H,5-13H2,1-4H3,(H,20,23)(H,21,22)/t15-,16-,19+/m0/s1. The summed E-state index contributed by atoms with van der Waals surface area (Å²) in [6, 6.07) is -0.759. The monoisotopic (exact) mass is 357 g/mol. The van der Waals surface area contributed by atoms with Crippen LogP contribution in [0.1, 0.15) is 72.1 Å². The predicted molar refractivity (Wildman–Crippen MR) is 101 cm³/mol. The van der Waals surface area contributed by atoms with E-state index in [0.29, 0.717) is 6.42 Å². The highest BCUT2D eigenvalue weighted by Crippen LogP contribution is 2.40. The molecule has 2 N–H and O–H groups in total. The first-order chi connectivity index (χ1) is 11.3. The first kappa shape index (κ1) is 21.3. The summed E-state index contributed by atoms with van der Waals surface area (Å²) in [6.07, 6.45) is 10.2. The highest BCUT2D eigenvalue weighted by Gasteiger charge is 2.38. The van der Waals surface area contributed by atoms with Crippen LogP contribution in [0.2, 0.25) is 0 Å². The van der Waals surface area contributed by atoms with E-state index in [2.05, 4.69) is 19.2 Å². The van der Waals surface area contributed by atoms with Crippen molar-refractivity contribution in [1.82, 2.24) is 5.32 Å². The first-order valence-corrected chi connectivity index (χ1v) is 10.7. The lowest BCUT2D eigenvalue weighted by Crippen LogP contribution is -2.48. The smallest absolute Gasteiger partial charge is 0.326 e. The fourth-order valence-corrected chi connectivity index (χ4v) is 3.94. The molecule has 0 bridgehead atoms. The van der Waals surface area contributed by atoms with Crippen molar-refractivity contribution >= 4 is 23.6 Å². The van der Waals surface area contributed by atoms with Gasteiger partial charge >= 0.3 is 5.97 Å². The highest BCUT2D eigenvalue weighted by atomic mass is 32.2. The second-order valence-corrected chi connectivity index (χ2v) is 8.96. The van der Waals surface area contributed by atoms with Gasteiger partial charge in [-0.2, -0.15) is 11.8 Å². The fraction of sp³-hybridized carbons (Fsp3) is 0.895.